The van der Waals surface area contributed by atoms with E-state index >= 15 is 0 Å². The maximum atomic E-state index is 12.9. The summed E-state index contributed by atoms with van der Waals surface area (Å²) in [5, 5.41) is 0. The lowest BCUT2D eigenvalue weighted by Gasteiger charge is -2.33. The van der Waals surface area contributed by atoms with Gasteiger partial charge in [0.25, 0.3) is 5.56 Å². The Labute approximate surface area is 174 Å². The molecule has 1 unspecified atom stereocenters. The van der Waals surface area contributed by atoms with Crippen LogP contribution in [-0.2, 0) is 24.2 Å². The van der Waals surface area contributed by atoms with Crippen molar-refractivity contribution in [2.24, 2.45) is 0 Å². The summed E-state index contributed by atoms with van der Waals surface area (Å²) in [5.74, 6) is 2.29. The van der Waals surface area contributed by atoms with Crippen LogP contribution in [0.2, 0.25) is 0 Å². The van der Waals surface area contributed by atoms with Crippen LogP contribution in [0.15, 0.2) is 23.0 Å². The van der Waals surface area contributed by atoms with Gasteiger partial charge in [0.1, 0.15) is 5.82 Å². The Hall–Kier alpha value is -2.87. The second kappa shape index (κ2) is 7.75. The molecule has 0 aliphatic carbocycles. The molecule has 2 aromatic rings. The third-order valence-electron chi connectivity index (χ3n) is 6.23. The van der Waals surface area contributed by atoms with Crippen LogP contribution in [0.5, 0.6) is 11.5 Å². The Morgan fingerprint density at radius 3 is 3.03 bits per heavy atom. The van der Waals surface area contributed by atoms with E-state index in [-0.39, 0.29) is 24.2 Å². The van der Waals surface area contributed by atoms with Crippen molar-refractivity contribution in [1.29, 1.82) is 0 Å². The van der Waals surface area contributed by atoms with Gasteiger partial charge in [0.05, 0.1) is 17.7 Å². The van der Waals surface area contributed by atoms with Crippen LogP contribution in [0.1, 0.15) is 41.4 Å². The number of amides is 1. The summed E-state index contributed by atoms with van der Waals surface area (Å²) in [6, 6.07) is 5.64. The number of benzene rings is 1. The van der Waals surface area contributed by atoms with Crippen molar-refractivity contribution in [2.45, 2.75) is 38.1 Å². The van der Waals surface area contributed by atoms with Gasteiger partial charge in [-0.3, -0.25) is 9.59 Å². The molecule has 1 amide bonds. The van der Waals surface area contributed by atoms with Gasteiger partial charge >= 0.3 is 0 Å². The minimum Gasteiger partial charge on any atom is -0.454 e. The predicted octanol–water partition coefficient (Wildman–Crippen LogP) is 1.44. The fourth-order valence-electron chi connectivity index (χ4n) is 4.54. The molecule has 3 aliphatic rings. The van der Waals surface area contributed by atoms with Gasteiger partial charge in [-0.15, -0.1) is 0 Å². The van der Waals surface area contributed by atoms with Crippen LogP contribution < -0.4 is 15.0 Å². The normalized spacial score (nSPS) is 20.8. The van der Waals surface area contributed by atoms with Gasteiger partial charge in [-0.25, -0.2) is 4.98 Å². The molecule has 8 heteroatoms. The summed E-state index contributed by atoms with van der Waals surface area (Å²) in [5.41, 5.74) is 2.57. The lowest BCUT2D eigenvalue weighted by atomic mass is 9.95. The number of hydrogen-bond donors (Lipinski definition) is 1. The second-order valence-corrected chi connectivity index (χ2v) is 8.41. The zero-order chi connectivity index (χ0) is 20.7. The molecule has 30 heavy (non-hydrogen) atoms. The maximum absolute atomic E-state index is 12.9. The fraction of sp³-hybridized carbons (Fsp3) is 0.500. The number of likely N-dealkylation sites (tertiary alicyclic amines) is 1. The number of aromatic nitrogens is 2. The Morgan fingerprint density at radius 1 is 1.27 bits per heavy atom. The van der Waals surface area contributed by atoms with Crippen LogP contribution in [0.4, 0.5) is 0 Å². The van der Waals surface area contributed by atoms with Crippen molar-refractivity contribution in [3.8, 4) is 11.5 Å². The highest BCUT2D eigenvalue weighted by Crippen LogP contribution is 2.33. The SMILES string of the molecule is CN1CCc2nc(C3CCCN(C(=O)Cc4ccc5c(c4)OCO5)C3)[nH]c(=O)c2C1. The van der Waals surface area contributed by atoms with Gasteiger partial charge in [0.15, 0.2) is 11.5 Å². The number of carbonyl (C=O) groups is 1. The first-order valence-corrected chi connectivity index (χ1v) is 10.5. The van der Waals surface area contributed by atoms with Crippen molar-refractivity contribution in [2.75, 3.05) is 33.5 Å². The summed E-state index contributed by atoms with van der Waals surface area (Å²) < 4.78 is 10.7. The lowest BCUT2D eigenvalue weighted by Crippen LogP contribution is -2.41. The first-order chi connectivity index (χ1) is 14.6. The van der Waals surface area contributed by atoms with Crippen LogP contribution in [0, 0.1) is 0 Å². The fourth-order valence-corrected chi connectivity index (χ4v) is 4.54. The molecule has 3 aliphatic heterocycles. The first kappa shape index (κ1) is 19.1. The largest absolute Gasteiger partial charge is 0.454 e. The van der Waals surface area contributed by atoms with Gasteiger partial charge < -0.3 is 24.3 Å². The van der Waals surface area contributed by atoms with Gasteiger partial charge in [-0.05, 0) is 37.6 Å². The van der Waals surface area contributed by atoms with E-state index in [0.29, 0.717) is 25.3 Å². The van der Waals surface area contributed by atoms with Crippen molar-refractivity contribution >= 4 is 5.91 Å². The minimum absolute atomic E-state index is 0.0367. The molecular formula is C22H26N4O4. The molecule has 0 radical (unpaired) electrons. The second-order valence-electron chi connectivity index (χ2n) is 8.41. The molecule has 1 atom stereocenters. The number of piperidine rings is 1. The molecule has 1 saturated heterocycles. The van der Waals surface area contributed by atoms with Crippen molar-refractivity contribution in [3.63, 3.8) is 0 Å². The molecule has 158 valence electrons. The molecule has 8 nitrogen and oxygen atoms in total. The van der Waals surface area contributed by atoms with Gasteiger partial charge in [-0.1, -0.05) is 6.07 Å². The number of nitrogens with one attached hydrogen (secondary N) is 1. The third kappa shape index (κ3) is 3.67. The molecule has 1 aromatic heterocycles. The number of fused-ring (bicyclic) bond motifs is 2. The first-order valence-electron chi connectivity index (χ1n) is 10.5. The standard InChI is InChI=1S/C22H26N4O4/c1-25-8-6-17-16(12-25)22(28)24-21(23-17)15-3-2-7-26(11-15)20(27)10-14-4-5-18-19(9-14)30-13-29-18/h4-5,9,15H,2-3,6-8,10-13H2,1H3,(H,23,24,28). The van der Waals surface area contributed by atoms with Crippen LogP contribution in [0.25, 0.3) is 0 Å². The lowest BCUT2D eigenvalue weighted by molar-refractivity contribution is -0.131. The van der Waals surface area contributed by atoms with E-state index < -0.39 is 0 Å². The summed E-state index contributed by atoms with van der Waals surface area (Å²) in [7, 11) is 2.01. The number of H-pyrrole nitrogens is 1. The van der Waals surface area contributed by atoms with E-state index in [2.05, 4.69) is 9.88 Å². The van der Waals surface area contributed by atoms with Gasteiger partial charge in [-0.2, -0.15) is 0 Å². The zero-order valence-corrected chi connectivity index (χ0v) is 17.1. The Balaban J connectivity index is 1.29. The number of rotatable bonds is 3. The zero-order valence-electron chi connectivity index (χ0n) is 17.1. The molecule has 4 heterocycles. The predicted molar refractivity (Wildman–Crippen MR) is 110 cm³/mol. The van der Waals surface area contributed by atoms with Gasteiger partial charge in [0.2, 0.25) is 12.7 Å². The third-order valence-corrected chi connectivity index (χ3v) is 6.23. The van der Waals surface area contributed by atoms with Crippen molar-refractivity contribution < 1.29 is 14.3 Å². The average molecular weight is 410 g/mol. The number of ether oxygens (including phenoxy) is 2. The smallest absolute Gasteiger partial charge is 0.255 e. The Morgan fingerprint density at radius 2 is 2.13 bits per heavy atom. The molecule has 0 bridgehead atoms. The Bertz CT molecular complexity index is 1030. The molecule has 1 N–H and O–H groups in total. The van der Waals surface area contributed by atoms with Crippen LogP contribution in [0.3, 0.4) is 0 Å². The summed E-state index contributed by atoms with van der Waals surface area (Å²) >= 11 is 0. The molecular weight excluding hydrogens is 384 g/mol. The Kier molecular flexibility index (Phi) is 4.94. The van der Waals surface area contributed by atoms with E-state index in [1.807, 2.05) is 30.1 Å². The minimum atomic E-state index is -0.0367. The molecule has 1 fully saturated rings. The van der Waals surface area contributed by atoms with Crippen LogP contribution in [-0.4, -0.2) is 59.1 Å². The van der Waals surface area contributed by atoms with Crippen molar-refractivity contribution in [1.82, 2.24) is 19.8 Å². The van der Waals surface area contributed by atoms with E-state index in [1.165, 1.54) is 0 Å². The molecule has 0 saturated carbocycles. The number of likely N-dealkylation sites (N-methyl/N-ethyl adjacent to an activating group) is 1. The van der Waals surface area contributed by atoms with E-state index in [1.54, 1.807) is 0 Å². The number of nitrogens with zero attached hydrogens (tertiary/aromatic N) is 3. The maximum Gasteiger partial charge on any atom is 0.255 e. The highest BCUT2D eigenvalue weighted by molar-refractivity contribution is 5.79. The highest BCUT2D eigenvalue weighted by atomic mass is 16.7. The number of hydrogen-bond acceptors (Lipinski definition) is 6. The van der Waals surface area contributed by atoms with Crippen LogP contribution >= 0.6 is 0 Å². The van der Waals surface area contributed by atoms with E-state index in [0.717, 1.165) is 60.7 Å². The summed E-state index contributed by atoms with van der Waals surface area (Å²) in [6.07, 6.45) is 2.95. The number of carbonyl (C=O) groups excluding carboxylic acids is 1. The summed E-state index contributed by atoms with van der Waals surface area (Å²) in [6.45, 7) is 3.10. The summed E-state index contributed by atoms with van der Waals surface area (Å²) in [4.78, 5) is 37.4. The van der Waals surface area contributed by atoms with E-state index in [9.17, 15) is 9.59 Å². The molecule has 0 spiro atoms. The molecule has 5 rings (SSSR count). The quantitative estimate of drug-likeness (QED) is 0.824. The topological polar surface area (TPSA) is 87.8 Å². The highest BCUT2D eigenvalue weighted by Gasteiger charge is 2.28. The van der Waals surface area contributed by atoms with Gasteiger partial charge in [0, 0.05) is 38.5 Å². The van der Waals surface area contributed by atoms with E-state index in [4.69, 9.17) is 14.5 Å². The number of aromatic amines is 1. The molecule has 1 aromatic carbocycles. The monoisotopic (exact) mass is 410 g/mol. The van der Waals surface area contributed by atoms with Crippen molar-refractivity contribution in [3.05, 3.63) is 51.2 Å². The average Bonchev–Trinajstić information content (AvgIpc) is 3.22.